The van der Waals surface area contributed by atoms with Gasteiger partial charge < -0.3 is 5.32 Å². The molecule has 1 rings (SSSR count). The molecule has 1 aromatic heterocycles. The number of hydrogen-bond donors (Lipinski definition) is 1. The van der Waals surface area contributed by atoms with E-state index < -0.39 is 12.7 Å². The van der Waals surface area contributed by atoms with Gasteiger partial charge in [0.2, 0.25) is 0 Å². The lowest BCUT2D eigenvalue weighted by Gasteiger charge is -2.22. The summed E-state index contributed by atoms with van der Waals surface area (Å²) in [7, 11) is 0. The molecule has 102 valence electrons. The number of pyridine rings is 1. The molecule has 0 unspecified atom stereocenters. The van der Waals surface area contributed by atoms with E-state index in [1.165, 1.54) is 4.90 Å². The van der Waals surface area contributed by atoms with Crippen LogP contribution in [-0.2, 0) is 6.54 Å². The van der Waals surface area contributed by atoms with E-state index >= 15 is 0 Å². The lowest BCUT2D eigenvalue weighted by atomic mass is 10.2. The van der Waals surface area contributed by atoms with Gasteiger partial charge in [0.15, 0.2) is 0 Å². The number of alkyl halides is 3. The van der Waals surface area contributed by atoms with Crippen LogP contribution >= 0.6 is 0 Å². The molecule has 0 atom stereocenters. The predicted octanol–water partition coefficient (Wildman–Crippen LogP) is 2.90. The number of rotatable bonds is 6. The molecule has 6 heteroatoms. The Kier molecular flexibility index (Phi) is 5.40. The van der Waals surface area contributed by atoms with Gasteiger partial charge in [-0.2, -0.15) is 13.2 Å². The summed E-state index contributed by atoms with van der Waals surface area (Å²) in [4.78, 5) is 5.44. The average molecular weight is 261 g/mol. The first-order valence-electron chi connectivity index (χ1n) is 5.92. The maximum absolute atomic E-state index is 12.3. The van der Waals surface area contributed by atoms with Crippen molar-refractivity contribution in [3.8, 4) is 0 Å². The molecule has 1 heterocycles. The molecule has 0 saturated heterocycles. The molecule has 0 aromatic carbocycles. The quantitative estimate of drug-likeness (QED) is 0.853. The molecule has 0 fully saturated rings. The Labute approximate surface area is 105 Å². The van der Waals surface area contributed by atoms with Crippen molar-refractivity contribution in [1.82, 2.24) is 9.88 Å². The van der Waals surface area contributed by atoms with Crippen LogP contribution in [-0.4, -0.2) is 35.7 Å². The highest BCUT2D eigenvalue weighted by molar-refractivity contribution is 5.37. The van der Waals surface area contributed by atoms with E-state index in [0.29, 0.717) is 12.4 Å². The summed E-state index contributed by atoms with van der Waals surface area (Å²) in [5, 5.41) is 3.04. The topological polar surface area (TPSA) is 28.2 Å². The van der Waals surface area contributed by atoms with Gasteiger partial charge >= 0.3 is 6.18 Å². The number of anilines is 1. The van der Waals surface area contributed by atoms with Crippen LogP contribution in [0.4, 0.5) is 19.0 Å². The molecule has 1 N–H and O–H groups in total. The van der Waals surface area contributed by atoms with Gasteiger partial charge in [0.05, 0.1) is 6.54 Å². The van der Waals surface area contributed by atoms with E-state index in [4.69, 9.17) is 0 Å². The third kappa shape index (κ3) is 5.35. The van der Waals surface area contributed by atoms with E-state index in [1.54, 1.807) is 25.3 Å². The first-order valence-corrected chi connectivity index (χ1v) is 5.92. The van der Waals surface area contributed by atoms with E-state index in [-0.39, 0.29) is 6.54 Å². The van der Waals surface area contributed by atoms with E-state index in [2.05, 4.69) is 10.3 Å². The molecule has 3 nitrogen and oxygen atoms in total. The van der Waals surface area contributed by atoms with Gasteiger partial charge in [-0.25, -0.2) is 4.98 Å². The summed E-state index contributed by atoms with van der Waals surface area (Å²) in [6.45, 7) is 4.14. The molecule has 18 heavy (non-hydrogen) atoms. The van der Waals surface area contributed by atoms with Gasteiger partial charge in [0, 0.05) is 19.3 Å². The number of hydrogen-bond acceptors (Lipinski definition) is 3. The zero-order valence-electron chi connectivity index (χ0n) is 10.6. The summed E-state index contributed by atoms with van der Waals surface area (Å²) in [6, 6.07) is 3.52. The van der Waals surface area contributed by atoms with Gasteiger partial charge in [-0.1, -0.05) is 6.92 Å². The average Bonchev–Trinajstić information content (AvgIpc) is 2.27. The zero-order valence-corrected chi connectivity index (χ0v) is 10.6. The Morgan fingerprint density at radius 2 is 2.06 bits per heavy atom. The molecule has 0 aliphatic rings. The highest BCUT2D eigenvalue weighted by Crippen LogP contribution is 2.18. The second-order valence-corrected chi connectivity index (χ2v) is 4.00. The second kappa shape index (κ2) is 6.58. The van der Waals surface area contributed by atoms with Crippen molar-refractivity contribution in [3.05, 3.63) is 23.9 Å². The van der Waals surface area contributed by atoms with Crippen LogP contribution in [0.25, 0.3) is 0 Å². The Hall–Kier alpha value is -1.30. The molecule has 0 aliphatic carbocycles. The van der Waals surface area contributed by atoms with Crippen LogP contribution in [0.3, 0.4) is 0 Å². The zero-order chi connectivity index (χ0) is 13.6. The SMILES string of the molecule is CCNc1cc(CN(CC)CC(F)(F)F)ccn1. The molecule has 0 amide bonds. The molecule has 0 aliphatic heterocycles. The van der Waals surface area contributed by atoms with Gasteiger partial charge in [-0.05, 0) is 31.2 Å². The number of nitrogens with one attached hydrogen (secondary N) is 1. The predicted molar refractivity (Wildman–Crippen MR) is 65.4 cm³/mol. The summed E-state index contributed by atoms with van der Waals surface area (Å²) < 4.78 is 37.0. The van der Waals surface area contributed by atoms with Crippen molar-refractivity contribution in [1.29, 1.82) is 0 Å². The number of aromatic nitrogens is 1. The molecule has 0 spiro atoms. The Bertz CT molecular complexity index is 366. The standard InChI is InChI=1S/C12H18F3N3/c1-3-16-11-7-10(5-6-17-11)8-18(4-2)9-12(13,14)15/h5-7H,3-4,8-9H2,1-2H3,(H,16,17). The van der Waals surface area contributed by atoms with Crippen molar-refractivity contribution >= 4 is 5.82 Å². The third-order valence-electron chi connectivity index (χ3n) is 2.44. The highest BCUT2D eigenvalue weighted by atomic mass is 19.4. The maximum atomic E-state index is 12.3. The molecular formula is C12H18F3N3. The van der Waals surface area contributed by atoms with Crippen LogP contribution in [0, 0.1) is 0 Å². The monoisotopic (exact) mass is 261 g/mol. The van der Waals surface area contributed by atoms with Crippen molar-refractivity contribution < 1.29 is 13.2 Å². The smallest absolute Gasteiger partial charge is 0.370 e. The van der Waals surface area contributed by atoms with E-state index in [9.17, 15) is 13.2 Å². The molecule has 0 radical (unpaired) electrons. The molecule has 0 bridgehead atoms. The van der Waals surface area contributed by atoms with Gasteiger partial charge in [0.25, 0.3) is 0 Å². The van der Waals surface area contributed by atoms with Gasteiger partial charge in [-0.15, -0.1) is 0 Å². The van der Waals surface area contributed by atoms with Gasteiger partial charge in [-0.3, -0.25) is 4.90 Å². The minimum atomic E-state index is -4.16. The Balaban J connectivity index is 2.66. The fourth-order valence-corrected chi connectivity index (χ4v) is 1.64. The van der Waals surface area contributed by atoms with Crippen LogP contribution < -0.4 is 5.32 Å². The van der Waals surface area contributed by atoms with Crippen LogP contribution in [0.5, 0.6) is 0 Å². The first-order chi connectivity index (χ1) is 8.44. The van der Waals surface area contributed by atoms with Crippen molar-refractivity contribution in [2.45, 2.75) is 26.6 Å². The maximum Gasteiger partial charge on any atom is 0.401 e. The summed E-state index contributed by atoms with van der Waals surface area (Å²) in [5.74, 6) is 0.693. The number of halogens is 3. The Morgan fingerprint density at radius 3 is 2.61 bits per heavy atom. The summed E-state index contributed by atoms with van der Waals surface area (Å²) in [6.07, 6.45) is -2.55. The first kappa shape index (κ1) is 14.8. The van der Waals surface area contributed by atoms with E-state index in [0.717, 1.165) is 12.1 Å². The third-order valence-corrected chi connectivity index (χ3v) is 2.44. The fourth-order valence-electron chi connectivity index (χ4n) is 1.64. The summed E-state index contributed by atoms with van der Waals surface area (Å²) in [5.41, 5.74) is 0.826. The minimum Gasteiger partial charge on any atom is -0.370 e. The van der Waals surface area contributed by atoms with Crippen molar-refractivity contribution in [2.75, 3.05) is 25.0 Å². The lowest BCUT2D eigenvalue weighted by molar-refractivity contribution is -0.146. The van der Waals surface area contributed by atoms with Gasteiger partial charge in [0.1, 0.15) is 5.82 Å². The summed E-state index contributed by atoms with van der Waals surface area (Å²) >= 11 is 0. The fraction of sp³-hybridized carbons (Fsp3) is 0.583. The van der Waals surface area contributed by atoms with Crippen molar-refractivity contribution in [2.24, 2.45) is 0 Å². The van der Waals surface area contributed by atoms with Crippen LogP contribution in [0.1, 0.15) is 19.4 Å². The second-order valence-electron chi connectivity index (χ2n) is 4.00. The molecular weight excluding hydrogens is 243 g/mol. The van der Waals surface area contributed by atoms with Crippen molar-refractivity contribution in [3.63, 3.8) is 0 Å². The van der Waals surface area contributed by atoms with E-state index in [1.807, 2.05) is 6.92 Å². The number of nitrogens with zero attached hydrogens (tertiary/aromatic N) is 2. The lowest BCUT2D eigenvalue weighted by Crippen LogP contribution is -2.33. The minimum absolute atomic E-state index is 0.275. The molecule has 1 aromatic rings. The highest BCUT2D eigenvalue weighted by Gasteiger charge is 2.29. The largest absolute Gasteiger partial charge is 0.401 e. The Morgan fingerprint density at radius 1 is 1.33 bits per heavy atom. The van der Waals surface area contributed by atoms with Crippen LogP contribution in [0.2, 0.25) is 0 Å². The molecule has 0 saturated carbocycles. The van der Waals surface area contributed by atoms with Crippen LogP contribution in [0.15, 0.2) is 18.3 Å². The normalized spacial score (nSPS) is 11.9.